The summed E-state index contributed by atoms with van der Waals surface area (Å²) >= 11 is 0. The van der Waals surface area contributed by atoms with Crippen molar-refractivity contribution in [3.8, 4) is 17.5 Å². The molecule has 1 aliphatic heterocycles. The first-order valence-electron chi connectivity index (χ1n) is 9.35. The van der Waals surface area contributed by atoms with E-state index in [2.05, 4.69) is 14.9 Å². The zero-order valence-corrected chi connectivity index (χ0v) is 16.7. The molecule has 152 valence electrons. The van der Waals surface area contributed by atoms with Crippen LogP contribution in [0, 0.1) is 0 Å². The Labute approximate surface area is 167 Å². The summed E-state index contributed by atoms with van der Waals surface area (Å²) in [7, 11) is 4.67. The van der Waals surface area contributed by atoms with Gasteiger partial charge in [-0.3, -0.25) is 14.3 Å². The van der Waals surface area contributed by atoms with Crippen molar-refractivity contribution in [1.82, 2.24) is 24.4 Å². The van der Waals surface area contributed by atoms with E-state index in [-0.39, 0.29) is 5.56 Å². The quantitative estimate of drug-likeness (QED) is 0.636. The van der Waals surface area contributed by atoms with Gasteiger partial charge in [-0.15, -0.1) is 0 Å². The topological polar surface area (TPSA) is 91.6 Å². The van der Waals surface area contributed by atoms with Crippen LogP contribution in [-0.4, -0.2) is 58.8 Å². The maximum atomic E-state index is 13.1. The summed E-state index contributed by atoms with van der Waals surface area (Å²) < 4.78 is 17.5. The van der Waals surface area contributed by atoms with Crippen molar-refractivity contribution in [2.75, 3.05) is 34.4 Å². The first kappa shape index (κ1) is 19.1. The average molecular weight is 397 g/mol. The molecule has 0 amide bonds. The van der Waals surface area contributed by atoms with Crippen molar-refractivity contribution >= 4 is 10.9 Å². The van der Waals surface area contributed by atoms with Crippen LogP contribution in [0.3, 0.4) is 0 Å². The minimum Gasteiger partial charge on any atom is -0.493 e. The standard InChI is InChI=1S/C20H23N5O4/c1-27-16-8-14-15(9-17(16)28-2)23-18-4-5-24(6-7-25(18)19(14)26)12-13-10-21-20(29-3)22-11-13/h8-11H,4-7,12H2,1-3H3. The number of methoxy groups -OCH3 is 3. The highest BCUT2D eigenvalue weighted by atomic mass is 16.5. The Bertz CT molecular complexity index is 1080. The minimum absolute atomic E-state index is 0.0550. The number of ether oxygens (including phenoxy) is 3. The highest BCUT2D eigenvalue weighted by molar-refractivity contribution is 5.82. The Kier molecular flexibility index (Phi) is 5.30. The largest absolute Gasteiger partial charge is 0.493 e. The van der Waals surface area contributed by atoms with E-state index >= 15 is 0 Å². The zero-order valence-electron chi connectivity index (χ0n) is 16.7. The van der Waals surface area contributed by atoms with Crippen LogP contribution in [0.4, 0.5) is 0 Å². The number of rotatable bonds is 5. The van der Waals surface area contributed by atoms with E-state index in [4.69, 9.17) is 19.2 Å². The first-order chi connectivity index (χ1) is 14.1. The Hall–Kier alpha value is -3.20. The molecule has 0 N–H and O–H groups in total. The van der Waals surface area contributed by atoms with E-state index in [0.717, 1.165) is 24.5 Å². The lowest BCUT2D eigenvalue weighted by Gasteiger charge is -2.18. The van der Waals surface area contributed by atoms with Gasteiger partial charge >= 0.3 is 6.01 Å². The molecule has 0 radical (unpaired) electrons. The molecule has 0 saturated heterocycles. The number of nitrogens with zero attached hydrogens (tertiary/aromatic N) is 5. The summed E-state index contributed by atoms with van der Waals surface area (Å²) in [6, 6.07) is 3.81. The third-order valence-corrected chi connectivity index (χ3v) is 5.10. The van der Waals surface area contributed by atoms with Crippen LogP contribution < -0.4 is 19.8 Å². The molecule has 3 heterocycles. The minimum atomic E-state index is -0.0550. The van der Waals surface area contributed by atoms with Gasteiger partial charge in [-0.2, -0.15) is 0 Å². The van der Waals surface area contributed by atoms with Gasteiger partial charge in [-0.1, -0.05) is 0 Å². The van der Waals surface area contributed by atoms with E-state index in [9.17, 15) is 4.79 Å². The van der Waals surface area contributed by atoms with Gasteiger partial charge in [0.25, 0.3) is 5.56 Å². The van der Waals surface area contributed by atoms with Crippen LogP contribution in [0.25, 0.3) is 10.9 Å². The Morgan fingerprint density at radius 3 is 2.38 bits per heavy atom. The number of aromatic nitrogens is 4. The van der Waals surface area contributed by atoms with Crippen molar-refractivity contribution in [1.29, 1.82) is 0 Å². The van der Waals surface area contributed by atoms with Gasteiger partial charge in [0.15, 0.2) is 11.5 Å². The van der Waals surface area contributed by atoms with Crippen molar-refractivity contribution < 1.29 is 14.2 Å². The Balaban J connectivity index is 1.61. The predicted molar refractivity (Wildman–Crippen MR) is 107 cm³/mol. The highest BCUT2D eigenvalue weighted by Crippen LogP contribution is 2.30. The van der Waals surface area contributed by atoms with E-state index in [1.807, 2.05) is 0 Å². The molecule has 0 aliphatic carbocycles. The normalized spacial score (nSPS) is 14.3. The predicted octanol–water partition coefficient (Wildman–Crippen LogP) is 1.27. The van der Waals surface area contributed by atoms with Gasteiger partial charge < -0.3 is 14.2 Å². The second kappa shape index (κ2) is 8.04. The first-order valence-corrected chi connectivity index (χ1v) is 9.35. The van der Waals surface area contributed by atoms with Crippen LogP contribution in [0.2, 0.25) is 0 Å². The molecule has 29 heavy (non-hydrogen) atoms. The molecule has 1 aromatic carbocycles. The summed E-state index contributed by atoms with van der Waals surface area (Å²) in [5.74, 6) is 1.86. The van der Waals surface area contributed by atoms with Crippen LogP contribution >= 0.6 is 0 Å². The molecular weight excluding hydrogens is 374 g/mol. The molecule has 0 bridgehead atoms. The third-order valence-electron chi connectivity index (χ3n) is 5.10. The van der Waals surface area contributed by atoms with Crippen LogP contribution in [-0.2, 0) is 19.5 Å². The van der Waals surface area contributed by atoms with Crippen LogP contribution in [0.5, 0.6) is 17.5 Å². The number of hydrogen-bond acceptors (Lipinski definition) is 8. The van der Waals surface area contributed by atoms with Gasteiger partial charge in [-0.05, 0) is 6.07 Å². The molecule has 9 nitrogen and oxygen atoms in total. The lowest BCUT2D eigenvalue weighted by molar-refractivity contribution is 0.270. The van der Waals surface area contributed by atoms with E-state index in [1.165, 1.54) is 0 Å². The maximum absolute atomic E-state index is 13.1. The van der Waals surface area contributed by atoms with E-state index < -0.39 is 0 Å². The second-order valence-corrected chi connectivity index (χ2v) is 6.81. The Morgan fingerprint density at radius 2 is 1.69 bits per heavy atom. The lowest BCUT2D eigenvalue weighted by Crippen LogP contribution is -2.28. The Morgan fingerprint density at radius 1 is 0.966 bits per heavy atom. The highest BCUT2D eigenvalue weighted by Gasteiger charge is 2.19. The van der Waals surface area contributed by atoms with E-state index in [1.54, 1.807) is 50.4 Å². The molecule has 0 spiro atoms. The number of benzene rings is 1. The zero-order chi connectivity index (χ0) is 20.4. The molecule has 0 atom stereocenters. The fourth-order valence-corrected chi connectivity index (χ4v) is 3.57. The summed E-state index contributed by atoms with van der Waals surface area (Å²) in [6.07, 6.45) is 4.21. The fraction of sp³-hybridized carbons (Fsp3) is 0.400. The monoisotopic (exact) mass is 397 g/mol. The molecule has 0 saturated carbocycles. The SMILES string of the molecule is COc1ncc(CN2CCc3nc4cc(OC)c(OC)cc4c(=O)n3CC2)cn1. The number of hydrogen-bond donors (Lipinski definition) is 0. The van der Waals surface area contributed by atoms with Crippen molar-refractivity contribution in [3.63, 3.8) is 0 Å². The fourth-order valence-electron chi connectivity index (χ4n) is 3.57. The van der Waals surface area contributed by atoms with Crippen molar-refractivity contribution in [2.45, 2.75) is 19.5 Å². The second-order valence-electron chi connectivity index (χ2n) is 6.81. The summed E-state index contributed by atoms with van der Waals surface area (Å²) in [5, 5.41) is 0.531. The van der Waals surface area contributed by atoms with Crippen molar-refractivity contribution in [3.05, 3.63) is 46.3 Å². The molecule has 4 rings (SSSR count). The molecular formula is C20H23N5O4. The smallest absolute Gasteiger partial charge is 0.316 e. The van der Waals surface area contributed by atoms with Crippen molar-refractivity contribution in [2.24, 2.45) is 0 Å². The summed E-state index contributed by atoms with van der Waals surface area (Å²) in [6.45, 7) is 2.80. The molecule has 2 aromatic heterocycles. The van der Waals surface area contributed by atoms with Crippen LogP contribution in [0.15, 0.2) is 29.3 Å². The average Bonchev–Trinajstić information content (AvgIpc) is 2.96. The molecule has 9 heteroatoms. The lowest BCUT2D eigenvalue weighted by atomic mass is 10.2. The van der Waals surface area contributed by atoms with Gasteiger partial charge in [0.2, 0.25) is 0 Å². The summed E-state index contributed by atoms with van der Waals surface area (Å²) in [4.78, 5) is 28.4. The maximum Gasteiger partial charge on any atom is 0.316 e. The number of fused-ring (bicyclic) bond motifs is 2. The van der Waals surface area contributed by atoms with Gasteiger partial charge in [0, 0.05) is 56.6 Å². The third kappa shape index (κ3) is 3.73. The van der Waals surface area contributed by atoms with Gasteiger partial charge in [0.05, 0.1) is 32.2 Å². The molecule has 0 fully saturated rings. The van der Waals surface area contributed by atoms with Gasteiger partial charge in [0.1, 0.15) is 5.82 Å². The van der Waals surface area contributed by atoms with Crippen LogP contribution in [0.1, 0.15) is 11.4 Å². The molecule has 0 unspecified atom stereocenters. The van der Waals surface area contributed by atoms with E-state index in [0.29, 0.717) is 47.9 Å². The van der Waals surface area contributed by atoms with Gasteiger partial charge in [-0.25, -0.2) is 15.0 Å². The summed E-state index contributed by atoms with van der Waals surface area (Å²) in [5.41, 5.74) is 1.56. The molecule has 3 aromatic rings. The molecule has 1 aliphatic rings.